The summed E-state index contributed by atoms with van der Waals surface area (Å²) in [5, 5.41) is 16.0. The zero-order valence-corrected chi connectivity index (χ0v) is 11.4. The number of carbonyl (C=O) groups excluding carboxylic acids is 1. The Morgan fingerprint density at radius 3 is 2.68 bits per heavy atom. The number of carboxylic acid groups (broad SMARTS) is 1. The van der Waals surface area contributed by atoms with Gasteiger partial charge in [0, 0.05) is 5.56 Å². The van der Waals surface area contributed by atoms with Gasteiger partial charge in [-0.2, -0.15) is 5.10 Å². The molecule has 104 valence electrons. The number of nitrogens with zero attached hydrogens (tertiary/aromatic N) is 2. The number of hydrogen-bond acceptors (Lipinski definition) is 4. The lowest BCUT2D eigenvalue weighted by Crippen LogP contribution is -2.49. The van der Waals surface area contributed by atoms with Gasteiger partial charge in [0.1, 0.15) is 5.60 Å². The molecule has 19 heavy (non-hydrogen) atoms. The van der Waals surface area contributed by atoms with Crippen LogP contribution in [0.2, 0.25) is 0 Å². The summed E-state index contributed by atoms with van der Waals surface area (Å²) >= 11 is 0. The Morgan fingerprint density at radius 2 is 2.16 bits per heavy atom. The molecule has 1 atom stereocenters. The van der Waals surface area contributed by atoms with Crippen LogP contribution in [0.25, 0.3) is 0 Å². The summed E-state index contributed by atoms with van der Waals surface area (Å²) in [5.41, 5.74) is -1.02. The third-order valence-corrected chi connectivity index (χ3v) is 3.13. The number of ether oxygens (including phenoxy) is 1. The molecule has 1 amide bonds. The third-order valence-electron chi connectivity index (χ3n) is 3.13. The smallest absolute Gasteiger partial charge is 0.411 e. The zero-order chi connectivity index (χ0) is 14.4. The maximum Gasteiger partial charge on any atom is 0.411 e. The van der Waals surface area contributed by atoms with E-state index in [1.807, 2.05) is 0 Å². The molecule has 0 saturated heterocycles. The van der Waals surface area contributed by atoms with Crippen molar-refractivity contribution in [3.63, 3.8) is 0 Å². The van der Waals surface area contributed by atoms with Crippen molar-refractivity contribution < 1.29 is 19.4 Å². The van der Waals surface area contributed by atoms with Crippen molar-refractivity contribution in [1.82, 2.24) is 15.1 Å². The Labute approximate surface area is 110 Å². The summed E-state index contributed by atoms with van der Waals surface area (Å²) in [4.78, 5) is 24.9. The lowest BCUT2D eigenvalue weighted by atomic mass is 9.95. The van der Waals surface area contributed by atoms with E-state index < -0.39 is 23.2 Å². The van der Waals surface area contributed by atoms with Gasteiger partial charge in [-0.3, -0.25) is 10.00 Å². The van der Waals surface area contributed by atoms with Crippen molar-refractivity contribution in [2.45, 2.75) is 45.4 Å². The number of aromatic nitrogens is 2. The van der Waals surface area contributed by atoms with Gasteiger partial charge in [-0.05, 0) is 27.7 Å². The molecular formula is C12H17N3O4. The minimum Gasteiger partial charge on any atom is -0.479 e. The topological polar surface area (TPSA) is 95.5 Å². The SMILES string of the molecule is CC(C)(C)OC(=O)N1Cc2[nH]ncc2[C@@]1(C)C(=O)O. The molecule has 0 spiro atoms. The van der Waals surface area contributed by atoms with Gasteiger partial charge >= 0.3 is 12.1 Å². The maximum atomic E-state index is 12.2. The van der Waals surface area contributed by atoms with Gasteiger partial charge in [0.2, 0.25) is 0 Å². The highest BCUT2D eigenvalue weighted by atomic mass is 16.6. The van der Waals surface area contributed by atoms with Crippen molar-refractivity contribution in [1.29, 1.82) is 0 Å². The average Bonchev–Trinajstić information content (AvgIpc) is 2.78. The first-order valence-corrected chi connectivity index (χ1v) is 5.93. The monoisotopic (exact) mass is 267 g/mol. The molecule has 1 aromatic rings. The van der Waals surface area contributed by atoms with Gasteiger partial charge in [0.05, 0.1) is 18.4 Å². The summed E-state index contributed by atoms with van der Waals surface area (Å²) in [6, 6.07) is 0. The summed E-state index contributed by atoms with van der Waals surface area (Å²) in [6.07, 6.45) is 0.787. The Morgan fingerprint density at radius 1 is 1.53 bits per heavy atom. The van der Waals surface area contributed by atoms with Crippen molar-refractivity contribution >= 4 is 12.1 Å². The van der Waals surface area contributed by atoms with Crippen molar-refractivity contribution in [2.75, 3.05) is 0 Å². The van der Waals surface area contributed by atoms with Crippen LogP contribution in [-0.2, 0) is 21.6 Å². The lowest BCUT2D eigenvalue weighted by molar-refractivity contribution is -0.150. The molecule has 0 radical (unpaired) electrons. The Bertz CT molecular complexity index is 531. The Kier molecular flexibility index (Phi) is 2.80. The summed E-state index contributed by atoms with van der Waals surface area (Å²) in [5.74, 6) is -1.11. The fraction of sp³-hybridized carbons (Fsp3) is 0.583. The minimum absolute atomic E-state index is 0.146. The normalized spacial score (nSPS) is 22.2. The maximum absolute atomic E-state index is 12.2. The molecule has 0 bridgehead atoms. The quantitative estimate of drug-likeness (QED) is 0.803. The molecule has 0 aliphatic carbocycles. The Hall–Kier alpha value is -2.05. The number of amides is 1. The van der Waals surface area contributed by atoms with E-state index in [1.54, 1.807) is 20.8 Å². The summed E-state index contributed by atoms with van der Waals surface area (Å²) < 4.78 is 5.26. The van der Waals surface area contributed by atoms with Crippen LogP contribution in [0.3, 0.4) is 0 Å². The molecule has 7 heteroatoms. The number of hydrogen-bond donors (Lipinski definition) is 2. The van der Waals surface area contributed by atoms with Crippen LogP contribution >= 0.6 is 0 Å². The minimum atomic E-state index is -1.45. The zero-order valence-electron chi connectivity index (χ0n) is 11.4. The summed E-state index contributed by atoms with van der Waals surface area (Å²) in [7, 11) is 0. The van der Waals surface area contributed by atoms with Gasteiger partial charge < -0.3 is 9.84 Å². The largest absolute Gasteiger partial charge is 0.479 e. The third kappa shape index (κ3) is 2.05. The number of aromatic amines is 1. The highest BCUT2D eigenvalue weighted by Crippen LogP contribution is 2.39. The standard InChI is InChI=1S/C12H17N3O4/c1-11(2,3)19-10(18)15-6-8-7(5-13-14-8)12(15,4)9(16)17/h5H,6H2,1-4H3,(H,13,14)(H,16,17)/t12-/m0/s1. The second-order valence-corrected chi connectivity index (χ2v) is 5.71. The van der Waals surface area contributed by atoms with E-state index in [0.717, 1.165) is 0 Å². The van der Waals surface area contributed by atoms with E-state index in [0.29, 0.717) is 11.3 Å². The molecule has 1 aliphatic rings. The lowest BCUT2D eigenvalue weighted by Gasteiger charge is -2.33. The van der Waals surface area contributed by atoms with Crippen LogP contribution in [-0.4, -0.2) is 37.9 Å². The first-order chi connectivity index (χ1) is 8.66. The molecule has 1 aromatic heterocycles. The molecule has 1 aliphatic heterocycles. The van der Waals surface area contributed by atoms with Crippen LogP contribution in [0.5, 0.6) is 0 Å². The highest BCUT2D eigenvalue weighted by Gasteiger charge is 2.52. The van der Waals surface area contributed by atoms with Crippen molar-refractivity contribution in [3.8, 4) is 0 Å². The molecule has 0 aromatic carbocycles. The summed E-state index contributed by atoms with van der Waals surface area (Å²) in [6.45, 7) is 6.83. The van der Waals surface area contributed by atoms with Gasteiger partial charge in [0.15, 0.2) is 5.54 Å². The number of rotatable bonds is 1. The fourth-order valence-electron chi connectivity index (χ4n) is 2.11. The number of carbonyl (C=O) groups is 2. The van der Waals surface area contributed by atoms with E-state index in [9.17, 15) is 14.7 Å². The molecule has 0 fully saturated rings. The number of nitrogens with one attached hydrogen (secondary N) is 1. The number of H-pyrrole nitrogens is 1. The first kappa shape index (κ1) is 13.4. The van der Waals surface area contributed by atoms with Gasteiger partial charge in [-0.1, -0.05) is 0 Å². The van der Waals surface area contributed by atoms with E-state index in [1.165, 1.54) is 18.0 Å². The molecule has 0 saturated carbocycles. The number of aliphatic carboxylic acids is 1. The molecule has 0 unspecified atom stereocenters. The molecule has 2 rings (SSSR count). The molecular weight excluding hydrogens is 250 g/mol. The van der Waals surface area contributed by atoms with Crippen LogP contribution in [0.15, 0.2) is 6.20 Å². The van der Waals surface area contributed by atoms with Gasteiger partial charge in [-0.15, -0.1) is 0 Å². The number of fused-ring (bicyclic) bond motifs is 1. The fourth-order valence-corrected chi connectivity index (χ4v) is 2.11. The van der Waals surface area contributed by atoms with Gasteiger partial charge in [-0.25, -0.2) is 9.59 Å². The van der Waals surface area contributed by atoms with E-state index in [4.69, 9.17) is 4.74 Å². The van der Waals surface area contributed by atoms with E-state index in [2.05, 4.69) is 10.2 Å². The first-order valence-electron chi connectivity index (χ1n) is 5.93. The molecule has 2 N–H and O–H groups in total. The second kappa shape index (κ2) is 3.97. The molecule has 7 nitrogen and oxygen atoms in total. The predicted octanol–water partition coefficient (Wildman–Crippen LogP) is 1.46. The predicted molar refractivity (Wildman–Crippen MR) is 65.4 cm³/mol. The van der Waals surface area contributed by atoms with Crippen molar-refractivity contribution in [3.05, 3.63) is 17.5 Å². The van der Waals surface area contributed by atoms with Gasteiger partial charge in [0.25, 0.3) is 0 Å². The van der Waals surface area contributed by atoms with E-state index in [-0.39, 0.29) is 6.54 Å². The van der Waals surface area contributed by atoms with Crippen LogP contribution in [0.1, 0.15) is 39.0 Å². The Balaban J connectivity index is 2.35. The average molecular weight is 267 g/mol. The van der Waals surface area contributed by atoms with Crippen LogP contribution in [0.4, 0.5) is 4.79 Å². The highest BCUT2D eigenvalue weighted by molar-refractivity contribution is 5.87. The molecule has 2 heterocycles. The van der Waals surface area contributed by atoms with E-state index >= 15 is 0 Å². The van der Waals surface area contributed by atoms with Crippen LogP contribution < -0.4 is 0 Å². The van der Waals surface area contributed by atoms with Crippen LogP contribution in [0, 0.1) is 0 Å². The second-order valence-electron chi connectivity index (χ2n) is 5.71. The number of carboxylic acids is 1. The van der Waals surface area contributed by atoms with Crippen molar-refractivity contribution in [2.24, 2.45) is 0 Å².